The zero-order chi connectivity index (χ0) is 46.8. The Morgan fingerprint density at radius 3 is 0.919 bits per heavy atom. The van der Waals surface area contributed by atoms with Gasteiger partial charge in [0.15, 0.2) is 0 Å². The van der Waals surface area contributed by atoms with Gasteiger partial charge in [-0.2, -0.15) is 37.6 Å². The van der Waals surface area contributed by atoms with Crippen molar-refractivity contribution in [1.29, 1.82) is 0 Å². The van der Waals surface area contributed by atoms with Crippen molar-refractivity contribution >= 4 is 31.2 Å². The van der Waals surface area contributed by atoms with E-state index in [1.807, 2.05) is 0 Å². The Bertz CT molecular complexity index is 1070. The van der Waals surface area contributed by atoms with E-state index in [-0.39, 0.29) is 65.7 Å². The Balaban J connectivity index is -0.000000134. The van der Waals surface area contributed by atoms with Crippen molar-refractivity contribution in [2.75, 3.05) is 6.61 Å². The smallest absolute Gasteiger partial charge is 0.343 e. The van der Waals surface area contributed by atoms with Crippen LogP contribution >= 0.6 is 0 Å². The first-order valence-corrected chi connectivity index (χ1v) is 28.0. The van der Waals surface area contributed by atoms with Gasteiger partial charge in [-0.05, 0) is 12.3 Å². The molecule has 0 saturated carbocycles. The minimum absolute atomic E-state index is 0. The molecular weight excluding hydrogens is 875 g/mol. The van der Waals surface area contributed by atoms with Gasteiger partial charge in [-0.15, -0.1) is 0 Å². The second-order valence-corrected chi connectivity index (χ2v) is 19.2. The van der Waals surface area contributed by atoms with E-state index in [2.05, 4.69) is 52.6 Å². The van der Waals surface area contributed by atoms with Gasteiger partial charge < -0.3 is 13.8 Å². The van der Waals surface area contributed by atoms with Crippen LogP contribution in [0.25, 0.3) is 0 Å². The van der Waals surface area contributed by atoms with Gasteiger partial charge in [0.1, 0.15) is 0 Å². The van der Waals surface area contributed by atoms with E-state index in [9.17, 15) is 8.42 Å². The molecule has 0 aromatic carbocycles. The molecule has 17 heteroatoms. The van der Waals surface area contributed by atoms with Crippen LogP contribution in [0, 0.1) is 25.7 Å². The summed E-state index contributed by atoms with van der Waals surface area (Å²) >= 11 is 0. The van der Waals surface area contributed by atoms with Crippen molar-refractivity contribution < 1.29 is 111 Å². The van der Waals surface area contributed by atoms with Crippen LogP contribution in [0.4, 0.5) is 0 Å². The van der Waals surface area contributed by atoms with Gasteiger partial charge >= 0.3 is 90.3 Å². The third-order valence-electron chi connectivity index (χ3n) is 9.94. The Kier molecular flexibility index (Phi) is 76.1. The molecule has 0 radical (unpaired) electrons. The molecule has 5 N–H and O–H groups in total. The van der Waals surface area contributed by atoms with Gasteiger partial charge in [-0.3, -0.25) is 22.8 Å². The molecule has 0 amide bonds. The standard InChI is InChI=1S/C18H38O4S.C15H31.C12H25.2Na.2H2O4S/c1-2-3-4-5-6-7-8-9-10-11-12-13-14-15-16-17-18-22-23(19,20)21;1-5-7-8-12-15(6-2)13-10-9-11-14(3)4;1-3-5-7-9-11-12-10-8-6-4-2;;;2*1-5(2,3)4/h2-18H2,1H3,(H,19,20,21);14-15H,3,5-13H2,1-2,4H3;1,3-12H2,2H3;;;2*(H2,1,2,3,4)/q;2*-1;2*+1;;. The molecule has 0 aliphatic rings. The van der Waals surface area contributed by atoms with Crippen molar-refractivity contribution in [2.45, 2.75) is 259 Å². The minimum Gasteiger partial charge on any atom is -0.343 e. The van der Waals surface area contributed by atoms with Crippen LogP contribution in [0.1, 0.15) is 259 Å². The normalized spacial score (nSPS) is 12.0. The second kappa shape index (κ2) is 60.6. The molecular formula is C45H98Na2O12S3. The number of rotatable bonds is 37. The van der Waals surface area contributed by atoms with E-state index < -0.39 is 31.2 Å². The number of unbranched alkanes of at least 4 members (excludes halogenated alkanes) is 27. The minimum atomic E-state index is -4.67. The molecule has 0 rings (SSSR count). The maximum Gasteiger partial charge on any atom is 1.00 e. The SMILES string of the molecule is CCCCCCCCCCCCCCCCCCOS(=O)(=O)O.O=S(=O)(O)O.O=S(=O)(O)O.[CH2-]C(C)CCCCC(CC)CCCCC.[CH2-]CCCCCCCCCCC.[Na+].[Na+]. The topological polar surface area (TPSA) is 213 Å². The van der Waals surface area contributed by atoms with Crippen LogP contribution in [0.3, 0.4) is 0 Å². The zero-order valence-electron chi connectivity index (χ0n) is 41.3. The van der Waals surface area contributed by atoms with E-state index in [0.717, 1.165) is 25.2 Å². The molecule has 0 saturated heterocycles. The molecule has 2 atom stereocenters. The van der Waals surface area contributed by atoms with E-state index in [0.29, 0.717) is 12.3 Å². The average molecular weight is 973 g/mol. The number of hydrogen-bond acceptors (Lipinski definition) is 7. The summed E-state index contributed by atoms with van der Waals surface area (Å²) in [5, 5.41) is 0. The van der Waals surface area contributed by atoms with Crippen molar-refractivity contribution in [3.8, 4) is 0 Å². The second-order valence-electron chi connectivity index (χ2n) is 16.3. The molecule has 0 aromatic heterocycles. The summed E-state index contributed by atoms with van der Waals surface area (Å²) in [6.45, 7) is 19.4. The molecule has 0 heterocycles. The molecule has 0 aliphatic heterocycles. The van der Waals surface area contributed by atoms with E-state index in [1.165, 1.54) is 199 Å². The summed E-state index contributed by atoms with van der Waals surface area (Å²) in [6.07, 6.45) is 47.0. The van der Waals surface area contributed by atoms with Crippen molar-refractivity contribution in [3.63, 3.8) is 0 Å². The fraction of sp³-hybridized carbons (Fsp3) is 0.956. The summed E-state index contributed by atoms with van der Waals surface area (Å²) in [4.78, 5) is 0. The van der Waals surface area contributed by atoms with Gasteiger partial charge in [0, 0.05) is 0 Å². The summed E-state index contributed by atoms with van der Waals surface area (Å²) in [5.41, 5.74) is 0. The maximum atomic E-state index is 10.3. The Labute approximate surface area is 430 Å². The first kappa shape index (κ1) is 77.8. The maximum absolute atomic E-state index is 10.3. The van der Waals surface area contributed by atoms with Crippen LogP contribution in [0.2, 0.25) is 0 Å². The molecule has 370 valence electrons. The predicted molar refractivity (Wildman–Crippen MR) is 254 cm³/mol. The summed E-state index contributed by atoms with van der Waals surface area (Å²) < 4.78 is 96.5. The third kappa shape index (κ3) is 114. The molecule has 62 heavy (non-hydrogen) atoms. The van der Waals surface area contributed by atoms with Gasteiger partial charge in [0.2, 0.25) is 0 Å². The quantitative estimate of drug-likeness (QED) is 0.0171. The third-order valence-corrected chi connectivity index (χ3v) is 10.4. The summed E-state index contributed by atoms with van der Waals surface area (Å²) in [5.74, 6) is 1.64. The Hall–Kier alpha value is 1.61. The Morgan fingerprint density at radius 2 is 0.661 bits per heavy atom. The fourth-order valence-electron chi connectivity index (χ4n) is 6.46. The largest absolute Gasteiger partial charge is 1.00 e. The molecule has 0 bridgehead atoms. The van der Waals surface area contributed by atoms with Crippen LogP contribution in [0.15, 0.2) is 0 Å². The van der Waals surface area contributed by atoms with Crippen LogP contribution in [-0.2, 0) is 35.4 Å². The fourth-order valence-corrected chi connectivity index (χ4v) is 6.79. The van der Waals surface area contributed by atoms with Crippen molar-refractivity contribution in [2.24, 2.45) is 11.8 Å². The molecule has 0 fully saturated rings. The van der Waals surface area contributed by atoms with Crippen molar-refractivity contribution in [3.05, 3.63) is 13.8 Å². The van der Waals surface area contributed by atoms with E-state index in [1.54, 1.807) is 0 Å². The average Bonchev–Trinajstić information content (AvgIpc) is 3.13. The molecule has 2 unspecified atom stereocenters. The van der Waals surface area contributed by atoms with E-state index in [4.69, 9.17) is 39.6 Å². The van der Waals surface area contributed by atoms with Gasteiger partial charge in [-0.1, -0.05) is 247 Å². The van der Waals surface area contributed by atoms with Gasteiger partial charge in [-0.25, -0.2) is 4.18 Å². The van der Waals surface area contributed by atoms with Gasteiger partial charge in [0.25, 0.3) is 0 Å². The predicted octanol–water partition coefficient (Wildman–Crippen LogP) is 9.13. The monoisotopic (exact) mass is 973 g/mol. The number of hydrogen-bond donors (Lipinski definition) is 5. The first-order chi connectivity index (χ1) is 28.2. The van der Waals surface area contributed by atoms with Crippen LogP contribution < -0.4 is 59.1 Å². The summed E-state index contributed by atoms with van der Waals surface area (Å²) in [7, 11) is -13.6. The Morgan fingerprint density at radius 1 is 0.419 bits per heavy atom. The molecule has 0 spiro atoms. The van der Waals surface area contributed by atoms with Crippen LogP contribution in [-0.4, -0.2) is 54.6 Å². The molecule has 0 aromatic rings. The van der Waals surface area contributed by atoms with Gasteiger partial charge in [0.05, 0.1) is 6.61 Å². The zero-order valence-corrected chi connectivity index (χ0v) is 47.8. The molecule has 12 nitrogen and oxygen atoms in total. The first-order valence-electron chi connectivity index (χ1n) is 23.8. The summed E-state index contributed by atoms with van der Waals surface area (Å²) in [6, 6.07) is 0. The molecule has 0 aliphatic carbocycles. The van der Waals surface area contributed by atoms with Crippen LogP contribution in [0.5, 0.6) is 0 Å². The van der Waals surface area contributed by atoms with Crippen molar-refractivity contribution in [1.82, 2.24) is 0 Å². The van der Waals surface area contributed by atoms with E-state index >= 15 is 0 Å².